The Kier molecular flexibility index (Phi) is 4.93. The second kappa shape index (κ2) is 7.14. The second-order valence-electron chi connectivity index (χ2n) is 11.1. The lowest BCUT2D eigenvalue weighted by Crippen LogP contribution is -2.69. The number of esters is 1. The highest BCUT2D eigenvalue weighted by molar-refractivity contribution is 5.85. The third-order valence-corrected chi connectivity index (χ3v) is 10.2. The fourth-order valence-corrected chi connectivity index (χ4v) is 8.65. The van der Waals surface area contributed by atoms with Gasteiger partial charge in [-0.25, -0.2) is 4.79 Å². The molecule has 4 fully saturated rings. The van der Waals surface area contributed by atoms with E-state index < -0.39 is 33.2 Å². The quantitative estimate of drug-likeness (QED) is 0.335. The predicted molar refractivity (Wildman–Crippen MR) is 110 cm³/mol. The highest BCUT2D eigenvalue weighted by atomic mass is 16.9. The van der Waals surface area contributed by atoms with Crippen molar-refractivity contribution in [2.24, 2.45) is 28.6 Å². The maximum absolute atomic E-state index is 12.2. The first-order valence-electron chi connectivity index (χ1n) is 11.8. The number of rotatable bonds is 4. The first-order valence-corrected chi connectivity index (χ1v) is 11.8. The van der Waals surface area contributed by atoms with Crippen molar-refractivity contribution in [2.75, 3.05) is 13.2 Å². The summed E-state index contributed by atoms with van der Waals surface area (Å²) in [6, 6.07) is 0. The number of hydrogen-bond acceptors (Lipinski definition) is 8. The molecule has 0 aromatic heterocycles. The number of nitrogens with zero attached hydrogens (tertiary/aromatic N) is 1. The number of fused-ring (bicyclic) bond motifs is 5. The summed E-state index contributed by atoms with van der Waals surface area (Å²) < 4.78 is 5.16. The topological polar surface area (TPSA) is 139 Å². The van der Waals surface area contributed by atoms with Gasteiger partial charge >= 0.3 is 5.97 Å². The first-order chi connectivity index (χ1) is 15.0. The molecule has 0 aromatic rings. The van der Waals surface area contributed by atoms with Gasteiger partial charge in [0.2, 0.25) is 0 Å². The number of aliphatic hydroxyl groups excluding tert-OH is 1. The van der Waals surface area contributed by atoms with Gasteiger partial charge in [-0.2, -0.15) is 0 Å². The van der Waals surface area contributed by atoms with E-state index in [0.717, 1.165) is 12.0 Å². The van der Waals surface area contributed by atoms with Crippen molar-refractivity contribution < 1.29 is 34.8 Å². The molecule has 0 radical (unpaired) electrons. The van der Waals surface area contributed by atoms with Gasteiger partial charge in [0.05, 0.1) is 17.3 Å². The summed E-state index contributed by atoms with van der Waals surface area (Å²) in [6.07, 6.45) is 5.74. The summed E-state index contributed by atoms with van der Waals surface area (Å²) in [7, 11) is 0. The fourth-order valence-electron chi connectivity index (χ4n) is 8.65. The molecule has 8 atom stereocenters. The SMILES string of the molecule is C[C@]12CC[C@@H]3[C@H](CC[C@@]4(O)C[C@H](O)CC[C@]34CO[N+](=O)[O-])[C@@]1(O)CC[C@H]2C1=CC(=O)OC1. The molecular formula is C23H33NO8. The number of aliphatic hydroxyl groups is 3. The van der Waals surface area contributed by atoms with E-state index in [9.17, 15) is 30.2 Å². The Hall–Kier alpha value is -1.71. The average molecular weight is 452 g/mol. The number of carbonyl (C=O) groups excluding carboxylic acids is 1. The van der Waals surface area contributed by atoms with Crippen LogP contribution in [-0.4, -0.2) is 56.9 Å². The molecule has 0 amide bonds. The molecular weight excluding hydrogens is 418 g/mol. The summed E-state index contributed by atoms with van der Waals surface area (Å²) in [5.41, 5.74) is -2.60. The van der Waals surface area contributed by atoms with Gasteiger partial charge in [-0.1, -0.05) is 6.92 Å². The maximum atomic E-state index is 12.2. The Morgan fingerprint density at radius 3 is 2.59 bits per heavy atom. The summed E-state index contributed by atoms with van der Waals surface area (Å²) in [4.78, 5) is 27.7. The molecule has 4 saturated carbocycles. The van der Waals surface area contributed by atoms with E-state index in [2.05, 4.69) is 6.92 Å². The maximum Gasteiger partial charge on any atom is 0.331 e. The standard InChI is InChI=1S/C23H33NO8/c1-20-6-3-17-18(23(20,28)9-5-16(20)14-10-19(26)31-12-14)4-8-22(27)11-15(25)2-7-21(17,22)13-32-24(29)30/h10,15-18,25,27-28H,2-9,11-13H2,1H3/t15-,16+,17-,18+,20-,21+,22-,23+/m1/s1. The highest BCUT2D eigenvalue weighted by Gasteiger charge is 2.71. The van der Waals surface area contributed by atoms with Gasteiger partial charge in [-0.05, 0) is 74.7 Å². The van der Waals surface area contributed by atoms with Gasteiger partial charge in [0.15, 0.2) is 0 Å². The Bertz CT molecular complexity index is 861. The molecule has 0 saturated heterocycles. The lowest BCUT2D eigenvalue weighted by atomic mass is 9.41. The summed E-state index contributed by atoms with van der Waals surface area (Å²) in [5, 5.41) is 44.5. The minimum Gasteiger partial charge on any atom is -0.458 e. The largest absolute Gasteiger partial charge is 0.458 e. The van der Waals surface area contributed by atoms with Crippen LogP contribution in [0.2, 0.25) is 0 Å². The van der Waals surface area contributed by atoms with E-state index in [4.69, 9.17) is 9.57 Å². The molecule has 0 unspecified atom stereocenters. The summed E-state index contributed by atoms with van der Waals surface area (Å²) >= 11 is 0. The molecule has 0 aromatic carbocycles. The molecule has 3 N–H and O–H groups in total. The number of ether oxygens (including phenoxy) is 1. The molecule has 0 spiro atoms. The lowest BCUT2D eigenvalue weighted by molar-refractivity contribution is -0.762. The van der Waals surface area contributed by atoms with Crippen LogP contribution in [0.15, 0.2) is 11.6 Å². The van der Waals surface area contributed by atoms with E-state index in [0.29, 0.717) is 44.9 Å². The van der Waals surface area contributed by atoms with Gasteiger partial charge in [0, 0.05) is 23.3 Å². The van der Waals surface area contributed by atoms with Crippen molar-refractivity contribution in [1.82, 2.24) is 0 Å². The molecule has 5 aliphatic rings. The van der Waals surface area contributed by atoms with Crippen molar-refractivity contribution in [2.45, 2.75) is 82.0 Å². The number of cyclic esters (lactones) is 1. The van der Waals surface area contributed by atoms with Gasteiger partial charge in [0.1, 0.15) is 13.2 Å². The van der Waals surface area contributed by atoms with Gasteiger partial charge in [-0.15, -0.1) is 10.1 Å². The Morgan fingerprint density at radius 2 is 1.91 bits per heavy atom. The zero-order valence-electron chi connectivity index (χ0n) is 18.5. The van der Waals surface area contributed by atoms with Crippen molar-refractivity contribution in [3.05, 3.63) is 21.8 Å². The molecule has 9 nitrogen and oxygen atoms in total. The molecule has 1 aliphatic heterocycles. The van der Waals surface area contributed by atoms with Crippen molar-refractivity contribution in [3.8, 4) is 0 Å². The zero-order valence-corrected chi connectivity index (χ0v) is 18.5. The highest BCUT2D eigenvalue weighted by Crippen LogP contribution is 2.70. The van der Waals surface area contributed by atoms with Crippen LogP contribution in [0, 0.1) is 38.7 Å². The first kappa shape index (κ1) is 22.1. The van der Waals surface area contributed by atoms with Gasteiger partial charge in [-0.3, -0.25) is 0 Å². The molecule has 5 rings (SSSR count). The normalized spacial score (nSPS) is 50.0. The zero-order chi connectivity index (χ0) is 22.9. The predicted octanol–water partition coefficient (Wildman–Crippen LogP) is 1.91. The van der Waals surface area contributed by atoms with E-state index in [1.165, 1.54) is 0 Å². The lowest BCUT2D eigenvalue weighted by Gasteiger charge is -2.66. The Morgan fingerprint density at radius 1 is 1.16 bits per heavy atom. The third-order valence-electron chi connectivity index (χ3n) is 10.2. The number of hydrogen-bond donors (Lipinski definition) is 3. The summed E-state index contributed by atoms with van der Waals surface area (Å²) in [6.45, 7) is 2.17. The van der Waals surface area contributed by atoms with Crippen molar-refractivity contribution in [3.63, 3.8) is 0 Å². The monoisotopic (exact) mass is 451 g/mol. The van der Waals surface area contributed by atoms with E-state index in [1.807, 2.05) is 0 Å². The van der Waals surface area contributed by atoms with Crippen LogP contribution >= 0.6 is 0 Å². The van der Waals surface area contributed by atoms with Crippen LogP contribution in [-0.2, 0) is 14.4 Å². The molecule has 4 aliphatic carbocycles. The van der Waals surface area contributed by atoms with Crippen molar-refractivity contribution >= 4 is 5.97 Å². The van der Waals surface area contributed by atoms with Gasteiger partial charge < -0.3 is 24.9 Å². The Balaban J connectivity index is 1.51. The van der Waals surface area contributed by atoms with Gasteiger partial charge in [0.25, 0.3) is 5.09 Å². The van der Waals surface area contributed by atoms with E-state index in [-0.39, 0.29) is 43.4 Å². The van der Waals surface area contributed by atoms with Crippen LogP contribution in [0.1, 0.15) is 64.7 Å². The van der Waals surface area contributed by atoms with Crippen LogP contribution in [0.25, 0.3) is 0 Å². The van der Waals surface area contributed by atoms with Crippen LogP contribution in [0.5, 0.6) is 0 Å². The smallest absolute Gasteiger partial charge is 0.331 e. The van der Waals surface area contributed by atoms with Crippen LogP contribution in [0.4, 0.5) is 0 Å². The van der Waals surface area contributed by atoms with Crippen LogP contribution in [0.3, 0.4) is 0 Å². The third kappa shape index (κ3) is 2.83. The van der Waals surface area contributed by atoms with Crippen molar-refractivity contribution in [1.29, 1.82) is 0 Å². The fraction of sp³-hybridized carbons (Fsp3) is 0.870. The minimum absolute atomic E-state index is 0.0554. The average Bonchev–Trinajstić information content (AvgIpc) is 3.26. The van der Waals surface area contributed by atoms with E-state index >= 15 is 0 Å². The molecule has 1 heterocycles. The molecule has 0 bridgehead atoms. The molecule has 9 heteroatoms. The van der Waals surface area contributed by atoms with E-state index in [1.54, 1.807) is 6.08 Å². The molecule has 32 heavy (non-hydrogen) atoms. The minimum atomic E-state index is -1.25. The Labute approximate surface area is 186 Å². The molecule has 178 valence electrons. The summed E-state index contributed by atoms with van der Waals surface area (Å²) in [5.74, 6) is -0.538. The van der Waals surface area contributed by atoms with Crippen LogP contribution < -0.4 is 0 Å². The second-order valence-corrected chi connectivity index (χ2v) is 11.1. The number of carbonyl (C=O) groups is 1.